The Labute approximate surface area is 205 Å². The average Bonchev–Trinajstić information content (AvgIpc) is 3.42. The summed E-state index contributed by atoms with van der Waals surface area (Å²) in [6, 6.07) is 5.46. The lowest BCUT2D eigenvalue weighted by molar-refractivity contribution is -0.139. The number of aliphatic carboxylic acids is 1. The van der Waals surface area contributed by atoms with Crippen LogP contribution in [0, 0.1) is 5.82 Å². The molecule has 177 valence electrons. The van der Waals surface area contributed by atoms with Gasteiger partial charge in [-0.05, 0) is 66.2 Å². The molecular weight excluding hydrogens is 448 g/mol. The molecule has 3 radical (unpaired) electrons. The number of amides is 1. The van der Waals surface area contributed by atoms with Crippen molar-refractivity contribution in [3.05, 3.63) is 58.9 Å². The molecule has 0 aliphatic carbocycles. The Balaban J connectivity index is 1.27. The van der Waals surface area contributed by atoms with Crippen molar-refractivity contribution >= 4 is 56.2 Å². The van der Waals surface area contributed by atoms with Crippen molar-refractivity contribution in [2.45, 2.75) is 44.7 Å². The largest absolute Gasteiger partial charge is 0.480 e. The van der Waals surface area contributed by atoms with Gasteiger partial charge in [0, 0.05) is 12.2 Å². The number of hydrogen-bond acceptors (Lipinski definition) is 5. The lowest BCUT2D eigenvalue weighted by Crippen LogP contribution is -2.37. The van der Waals surface area contributed by atoms with Gasteiger partial charge < -0.3 is 25.4 Å². The number of carboxylic acids is 1. The topological polar surface area (TPSA) is 108 Å². The zero-order valence-electron chi connectivity index (χ0n) is 19.3. The lowest BCUT2D eigenvalue weighted by atomic mass is 9.62. The molecule has 0 saturated carbocycles. The first-order chi connectivity index (χ1) is 16.7. The third-order valence-corrected chi connectivity index (χ3v) is 6.46. The van der Waals surface area contributed by atoms with Crippen LogP contribution in [0.4, 0.5) is 4.39 Å². The number of hydrogen-bond donors (Lipinski definition) is 4. The van der Waals surface area contributed by atoms with E-state index in [1.165, 1.54) is 19.6 Å². The summed E-state index contributed by atoms with van der Waals surface area (Å²) >= 11 is 0. The van der Waals surface area contributed by atoms with Gasteiger partial charge in [-0.15, -0.1) is 0 Å². The van der Waals surface area contributed by atoms with Gasteiger partial charge in [-0.25, -0.2) is 9.18 Å². The zero-order valence-corrected chi connectivity index (χ0v) is 19.3. The van der Waals surface area contributed by atoms with Gasteiger partial charge in [-0.1, -0.05) is 29.7 Å². The number of carbonyl (C=O) groups is 2. The summed E-state index contributed by atoms with van der Waals surface area (Å²) in [5.41, 5.74) is 4.59. The van der Waals surface area contributed by atoms with Gasteiger partial charge >= 0.3 is 20.4 Å². The minimum atomic E-state index is -1.02. The highest BCUT2D eigenvalue weighted by atomic mass is 19.1. The normalized spacial score (nSPS) is 14.6. The fourth-order valence-electron chi connectivity index (χ4n) is 4.49. The van der Waals surface area contributed by atoms with Gasteiger partial charge in [0.2, 0.25) is 0 Å². The Morgan fingerprint density at radius 3 is 2.77 bits per heavy atom. The van der Waals surface area contributed by atoms with E-state index < -0.39 is 30.7 Å². The number of carbonyl (C=O) groups excluding carboxylic acids is 1. The summed E-state index contributed by atoms with van der Waals surface area (Å²) in [5, 5.41) is 25.3. The second-order valence-corrected chi connectivity index (χ2v) is 8.92. The van der Waals surface area contributed by atoms with E-state index in [0.717, 1.165) is 23.0 Å². The third-order valence-electron chi connectivity index (χ3n) is 6.46. The van der Waals surface area contributed by atoms with Crippen molar-refractivity contribution in [1.82, 2.24) is 10.6 Å². The molecule has 35 heavy (non-hydrogen) atoms. The van der Waals surface area contributed by atoms with Gasteiger partial charge in [0.15, 0.2) is 0 Å². The number of benzene rings is 2. The molecule has 7 nitrogen and oxygen atoms in total. The maximum absolute atomic E-state index is 14.2. The number of rotatable bonds is 10. The lowest BCUT2D eigenvalue weighted by Gasteiger charge is -2.20. The molecule has 0 bridgehead atoms. The molecule has 0 fully saturated rings. The number of halogens is 1. The molecule has 4 rings (SSSR count). The molecule has 4 N–H and O–H groups in total. The summed E-state index contributed by atoms with van der Waals surface area (Å²) in [6.45, 7) is 4.03. The second-order valence-electron chi connectivity index (χ2n) is 8.92. The van der Waals surface area contributed by atoms with Gasteiger partial charge in [-0.2, -0.15) is 0 Å². The fraction of sp³-hybridized carbons (Fsp3) is 0.333. The Morgan fingerprint density at radius 1 is 1.23 bits per heavy atom. The fourth-order valence-corrected chi connectivity index (χ4v) is 4.49. The van der Waals surface area contributed by atoms with Crippen LogP contribution >= 0.6 is 0 Å². The van der Waals surface area contributed by atoms with E-state index in [9.17, 15) is 24.1 Å². The average molecular weight is 473 g/mol. The quantitative estimate of drug-likeness (QED) is 0.281. The Morgan fingerprint density at radius 2 is 2.00 bits per heavy atom. The molecular formula is C24H25B3FN2O5. The van der Waals surface area contributed by atoms with Crippen molar-refractivity contribution in [2.75, 3.05) is 6.54 Å². The zero-order chi connectivity index (χ0) is 25.1. The van der Waals surface area contributed by atoms with E-state index >= 15 is 0 Å². The van der Waals surface area contributed by atoms with Crippen LogP contribution in [0.5, 0.6) is 0 Å². The molecule has 2 aromatic rings. The number of unbranched alkanes of at least 4 members (excludes halogenated alkanes) is 1. The Bertz CT molecular complexity index is 1180. The molecule has 2 aromatic carbocycles. The number of fused-ring (bicyclic) bond motifs is 2. The minimum absolute atomic E-state index is 0.0384. The highest BCUT2D eigenvalue weighted by molar-refractivity contribution is 6.68. The predicted molar refractivity (Wildman–Crippen MR) is 134 cm³/mol. The van der Waals surface area contributed by atoms with Crippen molar-refractivity contribution in [3.8, 4) is 0 Å². The standard InChI is InChI=1S/C24H25B3FN2O5/c1-13(16-8-14-5-6-27(34)20(14)10-18(16)25)30-22(24(32)33)4-2-3-7-29-23(31)17-9-15-12-35-26-19(15)11-21(17)28/h8-11,22,30,34H,1-7,12H2,(H,29,31)(H,32,33). The van der Waals surface area contributed by atoms with Gasteiger partial charge in [-0.3, -0.25) is 4.79 Å². The van der Waals surface area contributed by atoms with E-state index in [2.05, 4.69) is 17.2 Å². The van der Waals surface area contributed by atoms with E-state index in [1.54, 1.807) is 6.07 Å². The van der Waals surface area contributed by atoms with E-state index in [4.69, 9.17) is 12.5 Å². The minimum Gasteiger partial charge on any atom is -0.480 e. The molecule has 2 heterocycles. The van der Waals surface area contributed by atoms with Crippen molar-refractivity contribution in [3.63, 3.8) is 0 Å². The van der Waals surface area contributed by atoms with Crippen molar-refractivity contribution < 1.29 is 28.8 Å². The Hall–Kier alpha value is -3.04. The molecule has 1 atom stereocenters. The second kappa shape index (κ2) is 10.7. The van der Waals surface area contributed by atoms with E-state index in [0.29, 0.717) is 54.4 Å². The van der Waals surface area contributed by atoms with Crippen LogP contribution < -0.4 is 27.0 Å². The van der Waals surface area contributed by atoms with E-state index in [1.807, 2.05) is 6.07 Å². The molecule has 11 heteroatoms. The van der Waals surface area contributed by atoms with Crippen LogP contribution in [0.2, 0.25) is 6.32 Å². The van der Waals surface area contributed by atoms with Gasteiger partial charge in [0.05, 0.1) is 12.2 Å². The molecule has 0 aromatic heterocycles. The summed E-state index contributed by atoms with van der Waals surface area (Å²) in [7, 11) is 7.59. The van der Waals surface area contributed by atoms with Crippen LogP contribution in [-0.4, -0.2) is 56.8 Å². The van der Waals surface area contributed by atoms with Crippen LogP contribution in [0.25, 0.3) is 5.70 Å². The van der Waals surface area contributed by atoms with Crippen molar-refractivity contribution in [2.24, 2.45) is 0 Å². The van der Waals surface area contributed by atoms with Crippen LogP contribution in [0.3, 0.4) is 0 Å². The first-order valence-electron chi connectivity index (χ1n) is 11.6. The number of aryl methyl sites for hydroxylation is 1. The monoisotopic (exact) mass is 473 g/mol. The maximum atomic E-state index is 14.2. The molecule has 0 saturated heterocycles. The smallest absolute Gasteiger partial charge is 0.330 e. The summed E-state index contributed by atoms with van der Waals surface area (Å²) < 4.78 is 19.4. The number of carboxylic acid groups (broad SMARTS) is 1. The summed E-state index contributed by atoms with van der Waals surface area (Å²) in [4.78, 5) is 24.1. The van der Waals surface area contributed by atoms with E-state index in [-0.39, 0.29) is 12.1 Å². The van der Waals surface area contributed by atoms with Crippen LogP contribution in [0.15, 0.2) is 30.8 Å². The third kappa shape index (κ3) is 5.62. The van der Waals surface area contributed by atoms with Crippen LogP contribution in [0.1, 0.15) is 46.3 Å². The van der Waals surface area contributed by atoms with Crippen molar-refractivity contribution in [1.29, 1.82) is 0 Å². The molecule has 2 aliphatic heterocycles. The molecule has 1 unspecified atom stereocenters. The summed E-state index contributed by atoms with van der Waals surface area (Å²) in [6.07, 6.45) is 2.70. The van der Waals surface area contributed by atoms with Crippen LogP contribution in [-0.2, 0) is 22.5 Å². The predicted octanol–water partition coefficient (Wildman–Crippen LogP) is -0.245. The molecule has 1 amide bonds. The Kier molecular flexibility index (Phi) is 7.67. The first-order valence-corrected chi connectivity index (χ1v) is 11.6. The maximum Gasteiger partial charge on any atom is 0.330 e. The first kappa shape index (κ1) is 25.1. The van der Waals surface area contributed by atoms with Gasteiger partial charge in [0.1, 0.15) is 19.7 Å². The molecule has 2 aliphatic rings. The SMILES string of the molecule is [B]c1cc2c(cc1C(=C)NC(CCCCNC(=O)c1cc3c(cc1F)[B]OC3)C(=O)O)CCB2O. The summed E-state index contributed by atoms with van der Waals surface area (Å²) in [5.74, 6) is -2.16. The van der Waals surface area contributed by atoms with Gasteiger partial charge in [0.25, 0.3) is 5.91 Å². The highest BCUT2D eigenvalue weighted by Crippen LogP contribution is 2.18. The highest BCUT2D eigenvalue weighted by Gasteiger charge is 2.26. The molecule has 0 spiro atoms. The number of nitrogens with one attached hydrogen (secondary N) is 2.